The van der Waals surface area contributed by atoms with E-state index in [0.717, 1.165) is 36.6 Å². The van der Waals surface area contributed by atoms with Gasteiger partial charge in [-0.05, 0) is 26.2 Å². The van der Waals surface area contributed by atoms with Crippen molar-refractivity contribution in [2.45, 2.75) is 67.1 Å². The molecule has 1 unspecified atom stereocenters. The largest absolute Gasteiger partial charge is 0.353 e. The van der Waals surface area contributed by atoms with Crippen LogP contribution in [-0.2, 0) is 22.7 Å². The first-order valence-corrected chi connectivity index (χ1v) is 9.43. The van der Waals surface area contributed by atoms with E-state index in [4.69, 9.17) is 0 Å². The van der Waals surface area contributed by atoms with Crippen molar-refractivity contribution < 1.29 is 9.59 Å². The van der Waals surface area contributed by atoms with Crippen LogP contribution in [0.3, 0.4) is 0 Å². The van der Waals surface area contributed by atoms with E-state index in [2.05, 4.69) is 41.4 Å². The molecule has 0 aliphatic carbocycles. The van der Waals surface area contributed by atoms with E-state index >= 15 is 0 Å². The summed E-state index contributed by atoms with van der Waals surface area (Å²) in [5.74, 6) is -0.157. The minimum absolute atomic E-state index is 0.0539. The van der Waals surface area contributed by atoms with Gasteiger partial charge >= 0.3 is 0 Å². The summed E-state index contributed by atoms with van der Waals surface area (Å²) in [5, 5.41) is 10.3. The smallest absolute Gasteiger partial charge is 0.237 e. The Hall–Kier alpha value is -1.89. The minimum Gasteiger partial charge on any atom is -0.353 e. The highest BCUT2D eigenvalue weighted by Gasteiger charge is 2.33. The predicted molar refractivity (Wildman–Crippen MR) is 102 cm³/mol. The molecule has 146 valence electrons. The summed E-state index contributed by atoms with van der Waals surface area (Å²) in [5.41, 5.74) is 3.15. The van der Waals surface area contributed by atoms with Crippen molar-refractivity contribution in [2.24, 2.45) is 5.41 Å². The van der Waals surface area contributed by atoms with Crippen molar-refractivity contribution in [2.75, 3.05) is 19.6 Å². The summed E-state index contributed by atoms with van der Waals surface area (Å²) in [6, 6.07) is -0.400. The predicted octanol–water partition coefficient (Wildman–Crippen LogP) is 1.37. The monoisotopic (exact) mass is 363 g/mol. The molecule has 1 aliphatic rings. The SMILES string of the molecule is CCn1nc(C)c(CNC(=O)CC2C(=O)NCCN2CC(C)(C)C)c1C. The summed E-state index contributed by atoms with van der Waals surface area (Å²) in [4.78, 5) is 26.9. The van der Waals surface area contributed by atoms with Crippen LogP contribution >= 0.6 is 0 Å². The number of nitrogens with one attached hydrogen (secondary N) is 2. The van der Waals surface area contributed by atoms with Crippen LogP contribution in [0.25, 0.3) is 0 Å². The van der Waals surface area contributed by atoms with E-state index in [0.29, 0.717) is 13.1 Å². The molecule has 0 radical (unpaired) electrons. The van der Waals surface area contributed by atoms with Crippen molar-refractivity contribution in [3.8, 4) is 0 Å². The molecule has 1 fully saturated rings. The molecule has 1 atom stereocenters. The van der Waals surface area contributed by atoms with E-state index in [1.807, 2.05) is 25.5 Å². The van der Waals surface area contributed by atoms with Gasteiger partial charge in [-0.1, -0.05) is 20.8 Å². The number of aromatic nitrogens is 2. The molecular formula is C19H33N5O2. The first-order valence-electron chi connectivity index (χ1n) is 9.43. The molecule has 26 heavy (non-hydrogen) atoms. The van der Waals surface area contributed by atoms with Gasteiger partial charge in [0, 0.05) is 44.0 Å². The third-order valence-electron chi connectivity index (χ3n) is 4.79. The van der Waals surface area contributed by atoms with Crippen LogP contribution in [0.4, 0.5) is 0 Å². The van der Waals surface area contributed by atoms with Crippen LogP contribution in [0.5, 0.6) is 0 Å². The highest BCUT2D eigenvalue weighted by molar-refractivity contribution is 5.88. The van der Waals surface area contributed by atoms with Gasteiger partial charge in [0.15, 0.2) is 0 Å². The molecular weight excluding hydrogens is 330 g/mol. The number of hydrogen-bond acceptors (Lipinski definition) is 4. The Labute approximate surface area is 156 Å². The fourth-order valence-electron chi connectivity index (χ4n) is 3.51. The lowest BCUT2D eigenvalue weighted by molar-refractivity contribution is -0.134. The zero-order chi connectivity index (χ0) is 19.5. The zero-order valence-corrected chi connectivity index (χ0v) is 17.0. The lowest BCUT2D eigenvalue weighted by atomic mass is 9.94. The van der Waals surface area contributed by atoms with Crippen LogP contribution in [0.15, 0.2) is 0 Å². The lowest BCUT2D eigenvalue weighted by Gasteiger charge is -2.38. The van der Waals surface area contributed by atoms with Crippen molar-refractivity contribution in [1.82, 2.24) is 25.3 Å². The molecule has 7 heteroatoms. The molecule has 1 aliphatic heterocycles. The molecule has 1 saturated heterocycles. The van der Waals surface area contributed by atoms with Crippen molar-refractivity contribution >= 4 is 11.8 Å². The third kappa shape index (κ3) is 5.06. The number of piperazine rings is 1. The molecule has 2 rings (SSSR count). The molecule has 0 spiro atoms. The maximum absolute atomic E-state index is 12.5. The third-order valence-corrected chi connectivity index (χ3v) is 4.79. The molecule has 0 bridgehead atoms. The number of nitrogens with zero attached hydrogens (tertiary/aromatic N) is 3. The molecule has 7 nitrogen and oxygen atoms in total. The number of rotatable bonds is 6. The van der Waals surface area contributed by atoms with E-state index in [1.54, 1.807) is 0 Å². The summed E-state index contributed by atoms with van der Waals surface area (Å²) in [7, 11) is 0. The first-order chi connectivity index (χ1) is 12.1. The molecule has 2 N–H and O–H groups in total. The molecule has 2 heterocycles. The Bertz CT molecular complexity index is 660. The Kier molecular flexibility index (Phi) is 6.44. The van der Waals surface area contributed by atoms with Gasteiger partial charge in [-0.3, -0.25) is 19.2 Å². The number of aryl methyl sites for hydroxylation is 2. The van der Waals surface area contributed by atoms with Gasteiger partial charge in [0.25, 0.3) is 0 Å². The fraction of sp³-hybridized carbons (Fsp3) is 0.737. The molecule has 2 amide bonds. The van der Waals surface area contributed by atoms with Crippen LogP contribution in [0, 0.1) is 19.3 Å². The lowest BCUT2D eigenvalue weighted by Crippen LogP contribution is -2.58. The quantitative estimate of drug-likeness (QED) is 0.800. The average molecular weight is 364 g/mol. The Balaban J connectivity index is 1.98. The Morgan fingerprint density at radius 3 is 2.62 bits per heavy atom. The second-order valence-electron chi connectivity index (χ2n) is 8.28. The van der Waals surface area contributed by atoms with Gasteiger partial charge in [0.1, 0.15) is 0 Å². The van der Waals surface area contributed by atoms with Crippen LogP contribution in [0.2, 0.25) is 0 Å². The van der Waals surface area contributed by atoms with Crippen LogP contribution in [-0.4, -0.2) is 52.2 Å². The van der Waals surface area contributed by atoms with E-state index in [1.165, 1.54) is 0 Å². The molecule has 1 aromatic rings. The number of amides is 2. The van der Waals surface area contributed by atoms with Gasteiger partial charge in [-0.25, -0.2) is 0 Å². The zero-order valence-electron chi connectivity index (χ0n) is 17.0. The molecule has 0 aromatic carbocycles. The van der Waals surface area contributed by atoms with Crippen LogP contribution in [0.1, 0.15) is 51.1 Å². The van der Waals surface area contributed by atoms with Crippen molar-refractivity contribution in [3.05, 3.63) is 17.0 Å². The Morgan fingerprint density at radius 2 is 2.04 bits per heavy atom. The normalized spacial score (nSPS) is 18.7. The summed E-state index contributed by atoms with van der Waals surface area (Å²) in [6.45, 7) is 15.9. The van der Waals surface area contributed by atoms with Crippen LogP contribution < -0.4 is 10.6 Å². The average Bonchev–Trinajstić information content (AvgIpc) is 2.81. The Morgan fingerprint density at radius 1 is 1.35 bits per heavy atom. The second-order valence-corrected chi connectivity index (χ2v) is 8.28. The topological polar surface area (TPSA) is 79.3 Å². The van der Waals surface area contributed by atoms with E-state index < -0.39 is 6.04 Å². The maximum atomic E-state index is 12.5. The standard InChI is InChI=1S/C19H33N5O2/c1-7-24-14(3)15(13(2)22-24)11-21-17(25)10-16-18(26)20-8-9-23(16)12-19(4,5)6/h16H,7-12H2,1-6H3,(H,20,26)(H,21,25). The highest BCUT2D eigenvalue weighted by atomic mass is 16.2. The summed E-state index contributed by atoms with van der Waals surface area (Å²) < 4.78 is 1.94. The summed E-state index contributed by atoms with van der Waals surface area (Å²) in [6.07, 6.45) is 0.182. The summed E-state index contributed by atoms with van der Waals surface area (Å²) >= 11 is 0. The van der Waals surface area contributed by atoms with E-state index in [9.17, 15) is 9.59 Å². The van der Waals surface area contributed by atoms with E-state index in [-0.39, 0.29) is 23.7 Å². The number of carbonyl (C=O) groups excluding carboxylic acids is 2. The van der Waals surface area contributed by atoms with Crippen molar-refractivity contribution in [3.63, 3.8) is 0 Å². The first kappa shape index (κ1) is 20.4. The van der Waals surface area contributed by atoms with Gasteiger partial charge in [-0.15, -0.1) is 0 Å². The fourth-order valence-corrected chi connectivity index (χ4v) is 3.51. The second kappa shape index (κ2) is 8.20. The van der Waals surface area contributed by atoms with Gasteiger partial charge in [-0.2, -0.15) is 5.10 Å². The molecule has 1 aromatic heterocycles. The van der Waals surface area contributed by atoms with Gasteiger partial charge in [0.05, 0.1) is 18.2 Å². The van der Waals surface area contributed by atoms with Gasteiger partial charge in [0.2, 0.25) is 11.8 Å². The van der Waals surface area contributed by atoms with Crippen molar-refractivity contribution in [1.29, 1.82) is 0 Å². The van der Waals surface area contributed by atoms with Gasteiger partial charge < -0.3 is 10.6 Å². The minimum atomic E-state index is -0.400. The maximum Gasteiger partial charge on any atom is 0.237 e. The molecule has 0 saturated carbocycles. The highest BCUT2D eigenvalue weighted by Crippen LogP contribution is 2.20. The number of hydrogen-bond donors (Lipinski definition) is 2. The number of carbonyl (C=O) groups is 2.